The number of carbonyl (C=O) groups excluding carboxylic acids is 2. The van der Waals surface area contributed by atoms with E-state index in [-0.39, 0.29) is 17.7 Å². The third-order valence-corrected chi connectivity index (χ3v) is 5.21. The van der Waals surface area contributed by atoms with E-state index in [9.17, 15) is 9.59 Å². The minimum atomic E-state index is -0.342. The summed E-state index contributed by atoms with van der Waals surface area (Å²) in [5, 5.41) is 3.46. The van der Waals surface area contributed by atoms with Crippen LogP contribution in [0, 0.1) is 0 Å². The molecule has 5 rings (SSSR count). The van der Waals surface area contributed by atoms with Gasteiger partial charge in [-0.2, -0.15) is 0 Å². The van der Waals surface area contributed by atoms with Crippen molar-refractivity contribution in [2.45, 2.75) is 19.9 Å². The van der Waals surface area contributed by atoms with Gasteiger partial charge in [0.1, 0.15) is 12.0 Å². The van der Waals surface area contributed by atoms with E-state index in [0.29, 0.717) is 33.4 Å². The molecule has 0 aromatic carbocycles. The van der Waals surface area contributed by atoms with E-state index in [1.54, 1.807) is 30.7 Å². The molecule has 0 atom stereocenters. The summed E-state index contributed by atoms with van der Waals surface area (Å²) in [5.41, 5.74) is 3.89. The number of carbonyl (C=O) groups is 2. The largest absolute Gasteiger partial charge is 0.360 e. The van der Waals surface area contributed by atoms with Crippen LogP contribution in [-0.2, 0) is 0 Å². The molecule has 158 valence electrons. The molecule has 9 heteroatoms. The Labute approximate surface area is 182 Å². The molecule has 5 heterocycles. The molecule has 0 unspecified atom stereocenters. The molecule has 0 aliphatic heterocycles. The highest BCUT2D eigenvalue weighted by Gasteiger charge is 2.20. The molecule has 5 aromatic rings. The summed E-state index contributed by atoms with van der Waals surface area (Å²) in [4.78, 5) is 45.8. The molecular formula is C23H19N7O2. The molecule has 0 aliphatic rings. The number of aromatic nitrogens is 6. The number of anilines is 1. The molecule has 0 aliphatic carbocycles. The number of nitrogens with zero attached hydrogens (tertiary/aromatic N) is 5. The van der Waals surface area contributed by atoms with Gasteiger partial charge in [0, 0.05) is 48.0 Å². The summed E-state index contributed by atoms with van der Waals surface area (Å²) < 4.78 is 1.94. The van der Waals surface area contributed by atoms with Crippen molar-refractivity contribution in [2.24, 2.45) is 0 Å². The first-order valence-corrected chi connectivity index (χ1v) is 10.1. The summed E-state index contributed by atoms with van der Waals surface area (Å²) in [6, 6.07) is 5.29. The molecule has 0 saturated heterocycles. The fourth-order valence-electron chi connectivity index (χ4n) is 3.61. The maximum absolute atomic E-state index is 13.3. The Balaban J connectivity index is 1.44. The maximum atomic E-state index is 13.3. The number of rotatable bonds is 5. The Hall–Kier alpha value is -4.40. The molecule has 0 fully saturated rings. The van der Waals surface area contributed by atoms with Crippen LogP contribution in [0.2, 0.25) is 0 Å². The zero-order chi connectivity index (χ0) is 22.2. The minimum Gasteiger partial charge on any atom is -0.360 e. The van der Waals surface area contributed by atoms with Crippen LogP contribution in [-0.4, -0.2) is 41.2 Å². The first-order valence-electron chi connectivity index (χ1n) is 10.1. The van der Waals surface area contributed by atoms with Crippen LogP contribution >= 0.6 is 0 Å². The number of fused-ring (bicyclic) bond motifs is 2. The number of ketones is 1. The highest BCUT2D eigenvalue weighted by atomic mass is 16.1. The first kappa shape index (κ1) is 19.6. The van der Waals surface area contributed by atoms with Gasteiger partial charge in [-0.05, 0) is 32.0 Å². The fraction of sp³-hybridized carbons (Fsp3) is 0.130. The summed E-state index contributed by atoms with van der Waals surface area (Å²) in [6.45, 7) is 4.04. The van der Waals surface area contributed by atoms with E-state index >= 15 is 0 Å². The van der Waals surface area contributed by atoms with Crippen molar-refractivity contribution in [1.29, 1.82) is 0 Å². The second-order valence-corrected chi connectivity index (χ2v) is 7.68. The topological polar surface area (TPSA) is 118 Å². The SMILES string of the molecule is CC(C)n1cc(C(=O)c2cncc(NC(=O)c3cnc4cc[nH]c4c3)c2)c2cncnc21. The lowest BCUT2D eigenvalue weighted by molar-refractivity contribution is 0.102. The number of pyridine rings is 2. The van der Waals surface area contributed by atoms with Gasteiger partial charge in [-0.1, -0.05) is 0 Å². The molecule has 9 nitrogen and oxygen atoms in total. The first-order chi connectivity index (χ1) is 15.5. The van der Waals surface area contributed by atoms with Crippen LogP contribution in [0.3, 0.4) is 0 Å². The van der Waals surface area contributed by atoms with Gasteiger partial charge >= 0.3 is 0 Å². The average molecular weight is 425 g/mol. The van der Waals surface area contributed by atoms with Gasteiger partial charge in [0.15, 0.2) is 5.78 Å². The lowest BCUT2D eigenvalue weighted by Gasteiger charge is -2.07. The van der Waals surface area contributed by atoms with Gasteiger partial charge in [-0.3, -0.25) is 19.6 Å². The summed E-state index contributed by atoms with van der Waals surface area (Å²) in [7, 11) is 0. The van der Waals surface area contributed by atoms with Crippen molar-refractivity contribution in [1.82, 2.24) is 29.5 Å². The number of hydrogen-bond donors (Lipinski definition) is 2. The van der Waals surface area contributed by atoms with Crippen LogP contribution in [0.5, 0.6) is 0 Å². The Morgan fingerprint density at radius 2 is 1.91 bits per heavy atom. The van der Waals surface area contributed by atoms with Gasteiger partial charge in [-0.25, -0.2) is 9.97 Å². The Kier molecular flexibility index (Phi) is 4.70. The van der Waals surface area contributed by atoms with Crippen molar-refractivity contribution in [3.05, 3.63) is 78.4 Å². The highest BCUT2D eigenvalue weighted by Crippen LogP contribution is 2.25. The van der Waals surface area contributed by atoms with Crippen molar-refractivity contribution >= 4 is 39.4 Å². The van der Waals surface area contributed by atoms with Gasteiger partial charge in [0.2, 0.25) is 0 Å². The van der Waals surface area contributed by atoms with E-state index in [4.69, 9.17) is 0 Å². The second kappa shape index (κ2) is 7.69. The second-order valence-electron chi connectivity index (χ2n) is 7.68. The molecule has 0 bridgehead atoms. The smallest absolute Gasteiger partial charge is 0.257 e. The fourth-order valence-corrected chi connectivity index (χ4v) is 3.61. The van der Waals surface area contributed by atoms with Crippen LogP contribution in [0.4, 0.5) is 5.69 Å². The lowest BCUT2D eigenvalue weighted by atomic mass is 10.1. The van der Waals surface area contributed by atoms with Crippen molar-refractivity contribution in [2.75, 3.05) is 5.32 Å². The summed E-state index contributed by atoms with van der Waals surface area (Å²) in [6.07, 6.45) is 11.1. The zero-order valence-corrected chi connectivity index (χ0v) is 17.4. The molecule has 1 amide bonds. The third kappa shape index (κ3) is 3.39. The molecule has 5 aromatic heterocycles. The predicted octanol–water partition coefficient (Wildman–Crippen LogP) is 3.77. The van der Waals surface area contributed by atoms with Crippen molar-refractivity contribution < 1.29 is 9.59 Å². The number of nitrogens with one attached hydrogen (secondary N) is 2. The van der Waals surface area contributed by atoms with Crippen LogP contribution in [0.1, 0.15) is 46.2 Å². The quantitative estimate of drug-likeness (QED) is 0.414. The summed E-state index contributed by atoms with van der Waals surface area (Å²) >= 11 is 0. The van der Waals surface area contributed by atoms with E-state index < -0.39 is 0 Å². The normalized spacial score (nSPS) is 11.3. The van der Waals surface area contributed by atoms with Crippen LogP contribution < -0.4 is 5.32 Å². The number of aromatic amines is 1. The van der Waals surface area contributed by atoms with Gasteiger partial charge < -0.3 is 14.9 Å². The minimum absolute atomic E-state index is 0.128. The van der Waals surface area contributed by atoms with Crippen molar-refractivity contribution in [3.8, 4) is 0 Å². The van der Waals surface area contributed by atoms with E-state index in [2.05, 4.69) is 30.2 Å². The molecule has 0 saturated carbocycles. The molecular weight excluding hydrogens is 406 g/mol. The number of hydrogen-bond acceptors (Lipinski definition) is 6. The van der Waals surface area contributed by atoms with Crippen molar-refractivity contribution in [3.63, 3.8) is 0 Å². The Morgan fingerprint density at radius 1 is 1.03 bits per heavy atom. The monoisotopic (exact) mass is 425 g/mol. The molecule has 0 spiro atoms. The van der Waals surface area contributed by atoms with E-state index in [1.165, 1.54) is 24.9 Å². The zero-order valence-electron chi connectivity index (χ0n) is 17.4. The van der Waals surface area contributed by atoms with E-state index in [0.717, 1.165) is 11.0 Å². The third-order valence-electron chi connectivity index (χ3n) is 5.21. The maximum Gasteiger partial charge on any atom is 0.257 e. The predicted molar refractivity (Wildman–Crippen MR) is 120 cm³/mol. The van der Waals surface area contributed by atoms with E-state index in [1.807, 2.05) is 24.5 Å². The van der Waals surface area contributed by atoms with Gasteiger partial charge in [-0.15, -0.1) is 0 Å². The lowest BCUT2D eigenvalue weighted by Crippen LogP contribution is -2.13. The number of H-pyrrole nitrogens is 1. The standard InChI is InChI=1S/C23H19N7O2/c1-13(2)30-11-18(17-10-25-12-28-22(17)30)21(31)14-5-16(9-24-7-14)29-23(32)15-6-20-19(27-8-15)3-4-26-20/h3-13,26H,1-2H3,(H,29,32). The average Bonchev–Trinajstić information content (AvgIpc) is 3.43. The Morgan fingerprint density at radius 3 is 2.75 bits per heavy atom. The molecule has 0 radical (unpaired) electrons. The molecule has 32 heavy (non-hydrogen) atoms. The summed E-state index contributed by atoms with van der Waals surface area (Å²) in [5.74, 6) is -0.563. The highest BCUT2D eigenvalue weighted by molar-refractivity contribution is 6.16. The Bertz CT molecular complexity index is 1480. The van der Waals surface area contributed by atoms with Gasteiger partial charge in [0.25, 0.3) is 5.91 Å². The van der Waals surface area contributed by atoms with Crippen LogP contribution in [0.15, 0.2) is 61.7 Å². The number of amides is 1. The molecule has 2 N–H and O–H groups in total. The van der Waals surface area contributed by atoms with Gasteiger partial charge in [0.05, 0.1) is 34.0 Å². The van der Waals surface area contributed by atoms with Crippen LogP contribution in [0.25, 0.3) is 22.1 Å².